The number of para-hydroxylation sites is 1. The van der Waals surface area contributed by atoms with Crippen molar-refractivity contribution in [2.45, 2.75) is 45.0 Å². The van der Waals surface area contributed by atoms with Crippen molar-refractivity contribution in [3.63, 3.8) is 0 Å². The Hall–Kier alpha value is -1.06. The number of hydrogen-bond donors (Lipinski definition) is 0. The SMILES string of the molecule is Cc1cccc2nc(C(C)Cl)n(CCCN3CCCC3)c12. The second kappa shape index (κ2) is 6.37. The van der Waals surface area contributed by atoms with Gasteiger partial charge >= 0.3 is 0 Å². The third-order valence-corrected chi connectivity index (χ3v) is 4.60. The minimum atomic E-state index is -0.0522. The number of hydrogen-bond acceptors (Lipinski definition) is 2. The van der Waals surface area contributed by atoms with E-state index in [4.69, 9.17) is 16.6 Å². The fourth-order valence-corrected chi connectivity index (χ4v) is 3.54. The van der Waals surface area contributed by atoms with Crippen LogP contribution >= 0.6 is 11.6 Å². The second-order valence-corrected chi connectivity index (χ2v) is 6.74. The summed E-state index contributed by atoms with van der Waals surface area (Å²) in [5.41, 5.74) is 3.60. The lowest BCUT2D eigenvalue weighted by molar-refractivity contribution is 0.325. The number of likely N-dealkylation sites (tertiary alicyclic amines) is 1. The van der Waals surface area contributed by atoms with Crippen LogP contribution in [0.5, 0.6) is 0 Å². The van der Waals surface area contributed by atoms with E-state index in [1.807, 2.05) is 6.92 Å². The Morgan fingerprint density at radius 1 is 1.24 bits per heavy atom. The number of rotatable bonds is 5. The first-order valence-electron chi connectivity index (χ1n) is 7.99. The van der Waals surface area contributed by atoms with Crippen molar-refractivity contribution in [2.75, 3.05) is 19.6 Å². The van der Waals surface area contributed by atoms with Crippen LogP contribution in [0.4, 0.5) is 0 Å². The summed E-state index contributed by atoms with van der Waals surface area (Å²) in [4.78, 5) is 7.31. The molecule has 0 N–H and O–H groups in total. The van der Waals surface area contributed by atoms with E-state index in [0.717, 1.165) is 24.3 Å². The fraction of sp³-hybridized carbons (Fsp3) is 0.588. The number of nitrogens with zero attached hydrogens (tertiary/aromatic N) is 3. The van der Waals surface area contributed by atoms with E-state index in [1.165, 1.54) is 43.6 Å². The number of halogens is 1. The molecule has 1 saturated heterocycles. The summed E-state index contributed by atoms with van der Waals surface area (Å²) in [5.74, 6) is 1.00. The van der Waals surface area contributed by atoms with E-state index in [-0.39, 0.29) is 5.38 Å². The predicted molar refractivity (Wildman–Crippen MR) is 89.0 cm³/mol. The summed E-state index contributed by atoms with van der Waals surface area (Å²) in [6.45, 7) is 8.88. The van der Waals surface area contributed by atoms with Crippen LogP contribution in [0.3, 0.4) is 0 Å². The number of aromatic nitrogens is 2. The van der Waals surface area contributed by atoms with Crippen molar-refractivity contribution in [2.24, 2.45) is 0 Å². The minimum Gasteiger partial charge on any atom is -0.326 e. The topological polar surface area (TPSA) is 21.1 Å². The summed E-state index contributed by atoms with van der Waals surface area (Å²) in [7, 11) is 0. The van der Waals surface area contributed by atoms with Gasteiger partial charge in [0.1, 0.15) is 5.82 Å². The molecule has 0 aliphatic carbocycles. The molecule has 0 radical (unpaired) electrons. The van der Waals surface area contributed by atoms with Crippen LogP contribution in [0.1, 0.15) is 43.0 Å². The van der Waals surface area contributed by atoms with Gasteiger partial charge in [-0.15, -0.1) is 11.6 Å². The van der Waals surface area contributed by atoms with E-state index >= 15 is 0 Å². The molecule has 4 heteroatoms. The fourth-order valence-electron chi connectivity index (χ4n) is 3.37. The van der Waals surface area contributed by atoms with Gasteiger partial charge in [-0.05, 0) is 64.4 Å². The molecule has 1 aliphatic rings. The quantitative estimate of drug-likeness (QED) is 0.774. The first kappa shape index (κ1) is 14.9. The standard InChI is InChI=1S/C17H24ClN3/c1-13-7-5-8-15-16(13)21(17(19-15)14(2)18)12-6-11-20-9-3-4-10-20/h5,7-8,14H,3-4,6,9-12H2,1-2H3. The zero-order valence-corrected chi connectivity index (χ0v) is 13.7. The Morgan fingerprint density at radius 3 is 2.71 bits per heavy atom. The summed E-state index contributed by atoms with van der Waals surface area (Å²) in [6, 6.07) is 6.31. The summed E-state index contributed by atoms with van der Waals surface area (Å²) >= 11 is 6.34. The van der Waals surface area contributed by atoms with Gasteiger partial charge in [-0.2, -0.15) is 0 Å². The van der Waals surface area contributed by atoms with Crippen LogP contribution < -0.4 is 0 Å². The average Bonchev–Trinajstić information content (AvgIpc) is 3.07. The monoisotopic (exact) mass is 305 g/mol. The zero-order valence-electron chi connectivity index (χ0n) is 13.0. The van der Waals surface area contributed by atoms with Gasteiger partial charge in [0.25, 0.3) is 0 Å². The van der Waals surface area contributed by atoms with E-state index in [1.54, 1.807) is 0 Å². The van der Waals surface area contributed by atoms with Crippen molar-refractivity contribution in [1.82, 2.24) is 14.5 Å². The van der Waals surface area contributed by atoms with Gasteiger partial charge in [0.15, 0.2) is 0 Å². The van der Waals surface area contributed by atoms with Gasteiger partial charge in [0.05, 0.1) is 16.4 Å². The lowest BCUT2D eigenvalue weighted by atomic mass is 10.2. The Morgan fingerprint density at radius 2 is 2.00 bits per heavy atom. The molecule has 0 bridgehead atoms. The predicted octanol–water partition coefficient (Wildman–Crippen LogP) is 4.13. The number of aryl methyl sites for hydroxylation is 2. The van der Waals surface area contributed by atoms with Gasteiger partial charge in [0.2, 0.25) is 0 Å². The molecule has 1 aromatic carbocycles. The van der Waals surface area contributed by atoms with Crippen LogP contribution in [-0.4, -0.2) is 34.1 Å². The molecular formula is C17H24ClN3. The lowest BCUT2D eigenvalue weighted by Crippen LogP contribution is -2.22. The molecule has 114 valence electrons. The van der Waals surface area contributed by atoms with Crippen molar-refractivity contribution in [3.8, 4) is 0 Å². The van der Waals surface area contributed by atoms with Crippen molar-refractivity contribution in [3.05, 3.63) is 29.6 Å². The average molecular weight is 306 g/mol. The first-order valence-corrected chi connectivity index (χ1v) is 8.42. The summed E-state index contributed by atoms with van der Waals surface area (Å²) in [6.07, 6.45) is 3.88. The van der Waals surface area contributed by atoms with Gasteiger partial charge < -0.3 is 9.47 Å². The maximum atomic E-state index is 6.34. The third-order valence-electron chi connectivity index (χ3n) is 4.41. The number of benzene rings is 1. The van der Waals surface area contributed by atoms with E-state index in [2.05, 4.69) is 34.6 Å². The van der Waals surface area contributed by atoms with Gasteiger partial charge in [0, 0.05) is 6.54 Å². The Labute approximate surface area is 131 Å². The molecule has 3 nitrogen and oxygen atoms in total. The molecule has 1 atom stereocenters. The molecule has 1 unspecified atom stereocenters. The summed E-state index contributed by atoms with van der Waals surface area (Å²) < 4.78 is 2.33. The first-order chi connectivity index (χ1) is 10.2. The Balaban J connectivity index is 1.82. The Bertz CT molecular complexity index is 612. The number of alkyl halides is 1. The summed E-state index contributed by atoms with van der Waals surface area (Å²) in [5, 5.41) is -0.0522. The van der Waals surface area contributed by atoms with Crippen molar-refractivity contribution >= 4 is 22.6 Å². The van der Waals surface area contributed by atoms with Gasteiger partial charge in [-0.25, -0.2) is 4.98 Å². The van der Waals surface area contributed by atoms with Crippen LogP contribution in [-0.2, 0) is 6.54 Å². The molecular weight excluding hydrogens is 282 g/mol. The maximum absolute atomic E-state index is 6.34. The highest BCUT2D eigenvalue weighted by Gasteiger charge is 2.17. The van der Waals surface area contributed by atoms with Crippen LogP contribution in [0.2, 0.25) is 0 Å². The number of fused-ring (bicyclic) bond motifs is 1. The molecule has 3 rings (SSSR count). The molecule has 21 heavy (non-hydrogen) atoms. The van der Waals surface area contributed by atoms with Crippen LogP contribution in [0.15, 0.2) is 18.2 Å². The lowest BCUT2D eigenvalue weighted by Gasteiger charge is -2.16. The molecule has 0 saturated carbocycles. The number of imidazole rings is 1. The highest BCUT2D eigenvalue weighted by Crippen LogP contribution is 2.27. The maximum Gasteiger partial charge on any atom is 0.127 e. The molecule has 2 heterocycles. The largest absolute Gasteiger partial charge is 0.326 e. The minimum absolute atomic E-state index is 0.0522. The van der Waals surface area contributed by atoms with Gasteiger partial charge in [-0.1, -0.05) is 12.1 Å². The normalized spacial score (nSPS) is 17.7. The highest BCUT2D eigenvalue weighted by molar-refractivity contribution is 6.20. The van der Waals surface area contributed by atoms with E-state index < -0.39 is 0 Å². The van der Waals surface area contributed by atoms with E-state index in [9.17, 15) is 0 Å². The molecule has 0 spiro atoms. The second-order valence-electron chi connectivity index (χ2n) is 6.08. The highest BCUT2D eigenvalue weighted by atomic mass is 35.5. The van der Waals surface area contributed by atoms with Crippen LogP contribution in [0.25, 0.3) is 11.0 Å². The smallest absolute Gasteiger partial charge is 0.127 e. The third kappa shape index (κ3) is 3.09. The van der Waals surface area contributed by atoms with Crippen molar-refractivity contribution < 1.29 is 0 Å². The van der Waals surface area contributed by atoms with Crippen LogP contribution in [0, 0.1) is 6.92 Å². The molecule has 0 amide bonds. The van der Waals surface area contributed by atoms with Crippen molar-refractivity contribution in [1.29, 1.82) is 0 Å². The molecule has 1 aliphatic heterocycles. The van der Waals surface area contributed by atoms with E-state index in [0.29, 0.717) is 0 Å². The molecule has 1 aromatic heterocycles. The molecule has 1 fully saturated rings. The zero-order chi connectivity index (χ0) is 14.8. The Kier molecular flexibility index (Phi) is 4.51. The molecule has 2 aromatic rings. The van der Waals surface area contributed by atoms with Gasteiger partial charge in [-0.3, -0.25) is 0 Å².